The molecule has 0 aromatic rings. The van der Waals surface area contributed by atoms with Crippen LogP contribution in [0, 0.1) is 22.2 Å². The first-order valence-electron chi connectivity index (χ1n) is 7.83. The van der Waals surface area contributed by atoms with Crippen molar-refractivity contribution in [3.8, 4) is 0 Å². The van der Waals surface area contributed by atoms with Crippen molar-refractivity contribution in [2.75, 3.05) is 13.2 Å². The molecule has 0 aromatic heterocycles. The average molecular weight is 290 g/mol. The highest BCUT2D eigenvalue weighted by Gasteiger charge is 2.80. The Morgan fingerprint density at radius 2 is 2.10 bits per heavy atom. The molecule has 3 atom stereocenters. The molecule has 0 unspecified atom stereocenters. The van der Waals surface area contributed by atoms with Crippen LogP contribution in [0.4, 0.5) is 0 Å². The lowest BCUT2D eigenvalue weighted by Crippen LogP contribution is -2.29. The summed E-state index contributed by atoms with van der Waals surface area (Å²) in [6, 6.07) is 0. The number of carbonyl (C=O) groups excluding carboxylic acids is 2. The molecule has 0 bridgehead atoms. The first-order valence-corrected chi connectivity index (χ1v) is 7.83. The topological polar surface area (TPSA) is 52.6 Å². The third-order valence-electron chi connectivity index (χ3n) is 6.18. The Labute approximate surface area is 124 Å². The van der Waals surface area contributed by atoms with Crippen molar-refractivity contribution in [2.45, 2.75) is 46.5 Å². The molecule has 0 radical (unpaired) electrons. The smallest absolute Gasteiger partial charge is 0.313 e. The summed E-state index contributed by atoms with van der Waals surface area (Å²) in [6.45, 7) is 6.85. The third kappa shape index (κ3) is 1.56. The molecule has 3 fully saturated rings. The Morgan fingerprint density at radius 1 is 1.33 bits per heavy atom. The number of rotatable bonds is 2. The molecule has 2 saturated carbocycles. The lowest BCUT2D eigenvalue weighted by atomic mass is 9.72. The first kappa shape index (κ1) is 13.4. The largest absolute Gasteiger partial charge is 0.464 e. The Hall–Kier alpha value is -1.32. The number of ether oxygens (including phenoxy) is 2. The maximum Gasteiger partial charge on any atom is 0.313 e. The number of allylic oxidation sites excluding steroid dienone is 1. The van der Waals surface area contributed by atoms with Gasteiger partial charge in [-0.15, -0.1) is 0 Å². The Kier molecular flexibility index (Phi) is 2.36. The van der Waals surface area contributed by atoms with Crippen LogP contribution in [0.25, 0.3) is 0 Å². The molecule has 3 aliphatic carbocycles. The van der Waals surface area contributed by atoms with E-state index in [0.717, 1.165) is 25.7 Å². The number of cyclic esters (lactones) is 1. The standard InChI is InChI=1S/C17H22O4/c1-10(18)20-7-13-12-6-15(2,3)4-11(12)5-16-8-17(13,16)9-21-14(16)19/h11H,4-9H2,1-3H3/t11-,16+,17-/m0/s1. The van der Waals surface area contributed by atoms with E-state index in [9.17, 15) is 9.59 Å². The number of esters is 2. The van der Waals surface area contributed by atoms with E-state index in [1.165, 1.54) is 18.1 Å². The fourth-order valence-electron chi connectivity index (χ4n) is 5.29. The van der Waals surface area contributed by atoms with E-state index in [1.807, 2.05) is 0 Å². The highest BCUT2D eigenvalue weighted by molar-refractivity contribution is 5.87. The van der Waals surface area contributed by atoms with Gasteiger partial charge in [-0.05, 0) is 42.6 Å². The van der Waals surface area contributed by atoms with Crippen LogP contribution in [0.2, 0.25) is 0 Å². The van der Waals surface area contributed by atoms with Crippen LogP contribution < -0.4 is 0 Å². The van der Waals surface area contributed by atoms with Crippen LogP contribution in [0.3, 0.4) is 0 Å². The highest BCUT2D eigenvalue weighted by Crippen LogP contribution is 2.79. The molecule has 4 nitrogen and oxygen atoms in total. The number of hydrogen-bond donors (Lipinski definition) is 0. The fraction of sp³-hybridized carbons (Fsp3) is 0.765. The van der Waals surface area contributed by atoms with Crippen LogP contribution in [-0.2, 0) is 19.1 Å². The molecular weight excluding hydrogens is 268 g/mol. The van der Waals surface area contributed by atoms with Gasteiger partial charge in [0, 0.05) is 12.3 Å². The van der Waals surface area contributed by atoms with Crippen LogP contribution in [0.15, 0.2) is 11.1 Å². The van der Waals surface area contributed by atoms with Crippen molar-refractivity contribution in [3.63, 3.8) is 0 Å². The van der Waals surface area contributed by atoms with Crippen LogP contribution in [-0.4, -0.2) is 25.2 Å². The van der Waals surface area contributed by atoms with Crippen LogP contribution in [0.5, 0.6) is 0 Å². The summed E-state index contributed by atoms with van der Waals surface area (Å²) in [4.78, 5) is 23.5. The van der Waals surface area contributed by atoms with Gasteiger partial charge in [-0.2, -0.15) is 0 Å². The van der Waals surface area contributed by atoms with Crippen molar-refractivity contribution >= 4 is 11.9 Å². The predicted molar refractivity (Wildman–Crippen MR) is 75.2 cm³/mol. The van der Waals surface area contributed by atoms with Gasteiger partial charge >= 0.3 is 11.9 Å². The minimum Gasteiger partial charge on any atom is -0.464 e. The lowest BCUT2D eigenvalue weighted by molar-refractivity contribution is -0.145. The zero-order chi connectivity index (χ0) is 15.0. The molecule has 4 rings (SSSR count). The Morgan fingerprint density at radius 3 is 2.81 bits per heavy atom. The molecular formula is C17H22O4. The molecule has 0 N–H and O–H groups in total. The quantitative estimate of drug-likeness (QED) is 0.579. The normalized spacial score (nSPS) is 42.0. The number of hydrogen-bond acceptors (Lipinski definition) is 4. The summed E-state index contributed by atoms with van der Waals surface area (Å²) >= 11 is 0. The summed E-state index contributed by atoms with van der Waals surface area (Å²) in [7, 11) is 0. The van der Waals surface area contributed by atoms with Crippen molar-refractivity contribution in [2.24, 2.45) is 22.2 Å². The van der Waals surface area contributed by atoms with Gasteiger partial charge in [-0.25, -0.2) is 0 Å². The van der Waals surface area contributed by atoms with Gasteiger partial charge in [0.25, 0.3) is 0 Å². The second-order valence-corrected chi connectivity index (χ2v) is 8.15. The van der Waals surface area contributed by atoms with Crippen molar-refractivity contribution in [1.29, 1.82) is 0 Å². The summed E-state index contributed by atoms with van der Waals surface area (Å²) < 4.78 is 10.7. The molecule has 21 heavy (non-hydrogen) atoms. The molecule has 4 heteroatoms. The summed E-state index contributed by atoms with van der Waals surface area (Å²) in [5, 5.41) is 0. The molecule has 114 valence electrons. The summed E-state index contributed by atoms with van der Waals surface area (Å²) in [5.41, 5.74) is 2.50. The maximum absolute atomic E-state index is 12.2. The second kappa shape index (κ2) is 3.71. The molecule has 1 saturated heterocycles. The predicted octanol–water partition coefficient (Wildman–Crippen LogP) is 2.62. The van der Waals surface area contributed by atoms with E-state index in [2.05, 4.69) is 13.8 Å². The highest BCUT2D eigenvalue weighted by atomic mass is 16.5. The number of fused-ring (bicyclic) bond motifs is 1. The third-order valence-corrected chi connectivity index (χ3v) is 6.18. The molecule has 0 amide bonds. The van der Waals surface area contributed by atoms with Gasteiger partial charge in [0.15, 0.2) is 0 Å². The van der Waals surface area contributed by atoms with Gasteiger partial charge < -0.3 is 9.47 Å². The average Bonchev–Trinajstić information content (AvgIpc) is 2.83. The van der Waals surface area contributed by atoms with Gasteiger partial charge in [0.05, 0.1) is 5.41 Å². The van der Waals surface area contributed by atoms with E-state index in [0.29, 0.717) is 19.1 Å². The van der Waals surface area contributed by atoms with Gasteiger partial charge in [0.2, 0.25) is 0 Å². The minimum absolute atomic E-state index is 0.0217. The molecule has 1 aliphatic heterocycles. The van der Waals surface area contributed by atoms with Crippen LogP contribution >= 0.6 is 0 Å². The van der Waals surface area contributed by atoms with Crippen molar-refractivity contribution in [1.82, 2.24) is 0 Å². The van der Waals surface area contributed by atoms with E-state index >= 15 is 0 Å². The van der Waals surface area contributed by atoms with Gasteiger partial charge in [-0.1, -0.05) is 19.4 Å². The zero-order valence-corrected chi connectivity index (χ0v) is 13.0. The molecule has 0 spiro atoms. The molecule has 0 aromatic carbocycles. The van der Waals surface area contributed by atoms with E-state index < -0.39 is 0 Å². The number of carbonyl (C=O) groups is 2. The fourth-order valence-corrected chi connectivity index (χ4v) is 5.29. The lowest BCUT2D eigenvalue weighted by Gasteiger charge is -2.30. The molecule has 4 aliphatic rings. The molecule has 1 heterocycles. The van der Waals surface area contributed by atoms with Gasteiger partial charge in [0.1, 0.15) is 13.2 Å². The Bertz CT molecular complexity index is 588. The van der Waals surface area contributed by atoms with Crippen molar-refractivity contribution in [3.05, 3.63) is 11.1 Å². The minimum atomic E-state index is -0.295. The first-order chi connectivity index (χ1) is 9.80. The summed E-state index contributed by atoms with van der Waals surface area (Å²) in [6.07, 6.45) is 4.02. The monoisotopic (exact) mass is 290 g/mol. The SMILES string of the molecule is CC(=O)OCC1=C2CC(C)(C)C[C@H]2C[C@]23C[C@]12COC3=O. The van der Waals surface area contributed by atoms with E-state index in [4.69, 9.17) is 9.47 Å². The maximum atomic E-state index is 12.2. The van der Waals surface area contributed by atoms with E-state index in [-0.39, 0.29) is 28.2 Å². The van der Waals surface area contributed by atoms with E-state index in [1.54, 1.807) is 0 Å². The van der Waals surface area contributed by atoms with Gasteiger partial charge in [-0.3, -0.25) is 9.59 Å². The van der Waals surface area contributed by atoms with Crippen LogP contribution in [0.1, 0.15) is 46.5 Å². The second-order valence-electron chi connectivity index (χ2n) is 8.15. The zero-order valence-electron chi connectivity index (χ0n) is 13.0. The summed E-state index contributed by atoms with van der Waals surface area (Å²) in [5.74, 6) is 0.189. The van der Waals surface area contributed by atoms with Crippen molar-refractivity contribution < 1.29 is 19.1 Å². The Balaban J connectivity index is 1.77.